The fourth-order valence-electron chi connectivity index (χ4n) is 3.70. The van der Waals surface area contributed by atoms with Gasteiger partial charge in [-0.2, -0.15) is 0 Å². The number of rotatable bonds is 8. The molecule has 2 aromatic heterocycles. The van der Waals surface area contributed by atoms with Crippen LogP contribution in [0.5, 0.6) is 0 Å². The van der Waals surface area contributed by atoms with Crippen LogP contribution in [0.2, 0.25) is 0 Å². The summed E-state index contributed by atoms with van der Waals surface area (Å²) in [6.45, 7) is 6.09. The number of carbonyl (C=O) groups excluding carboxylic acids is 1. The molecule has 0 aliphatic carbocycles. The number of benzene rings is 1. The van der Waals surface area contributed by atoms with Crippen LogP contribution < -0.4 is 5.73 Å². The Balaban J connectivity index is 1.67. The number of anilines is 1. The van der Waals surface area contributed by atoms with Crippen molar-refractivity contribution in [2.75, 3.05) is 25.6 Å². The van der Waals surface area contributed by atoms with Gasteiger partial charge in [0.25, 0.3) is 0 Å². The summed E-state index contributed by atoms with van der Waals surface area (Å²) in [5.41, 5.74) is 9.19. The number of nitrogens with two attached hydrogens (primary N) is 1. The average Bonchev–Trinajstić information content (AvgIpc) is 3.34. The van der Waals surface area contributed by atoms with Gasteiger partial charge in [-0.1, -0.05) is 12.1 Å². The minimum absolute atomic E-state index is 0.0522. The highest BCUT2D eigenvalue weighted by molar-refractivity contribution is 6.08. The van der Waals surface area contributed by atoms with Gasteiger partial charge < -0.3 is 24.5 Å². The summed E-state index contributed by atoms with van der Waals surface area (Å²) in [5.74, 6) is -0.169. The molecule has 1 unspecified atom stereocenters. The van der Waals surface area contributed by atoms with Crippen molar-refractivity contribution in [1.29, 1.82) is 0 Å². The quantitative estimate of drug-likeness (QED) is 0.447. The Morgan fingerprint density at radius 2 is 2.07 bits per heavy atom. The summed E-state index contributed by atoms with van der Waals surface area (Å²) < 4.78 is 18.6. The van der Waals surface area contributed by atoms with E-state index in [-0.39, 0.29) is 24.4 Å². The Morgan fingerprint density at radius 1 is 1.30 bits per heavy atom. The van der Waals surface area contributed by atoms with Crippen LogP contribution in [0.1, 0.15) is 43.5 Å². The van der Waals surface area contributed by atoms with E-state index in [9.17, 15) is 4.79 Å². The van der Waals surface area contributed by atoms with Gasteiger partial charge in [0.05, 0.1) is 23.2 Å². The SMILES string of the molecule is CC(C)OCCCn1c(N)c(C(=O)OCC2CCCO2)c2nc3ccccc3nc21. The van der Waals surface area contributed by atoms with Crippen LogP contribution >= 0.6 is 0 Å². The summed E-state index contributed by atoms with van der Waals surface area (Å²) in [6, 6.07) is 7.56. The molecule has 1 aliphatic rings. The molecule has 1 aliphatic heterocycles. The zero-order valence-corrected chi connectivity index (χ0v) is 17.5. The summed E-state index contributed by atoms with van der Waals surface area (Å²) in [5, 5.41) is 0. The van der Waals surface area contributed by atoms with E-state index in [1.165, 1.54) is 0 Å². The highest BCUT2D eigenvalue weighted by Crippen LogP contribution is 2.29. The summed E-state index contributed by atoms with van der Waals surface area (Å²) >= 11 is 0. The van der Waals surface area contributed by atoms with Crippen LogP contribution in [0.15, 0.2) is 24.3 Å². The fraction of sp³-hybridized carbons (Fsp3) is 0.500. The second-order valence-corrected chi connectivity index (χ2v) is 7.80. The molecule has 1 saturated heterocycles. The molecule has 8 nitrogen and oxygen atoms in total. The smallest absolute Gasteiger partial charge is 0.344 e. The second kappa shape index (κ2) is 8.97. The minimum atomic E-state index is -0.491. The van der Waals surface area contributed by atoms with Crippen molar-refractivity contribution in [1.82, 2.24) is 14.5 Å². The molecule has 3 heterocycles. The van der Waals surface area contributed by atoms with Crippen LogP contribution in [0.4, 0.5) is 5.82 Å². The first-order chi connectivity index (χ1) is 14.5. The number of aromatic nitrogens is 3. The number of ether oxygens (including phenoxy) is 3. The van der Waals surface area contributed by atoms with E-state index in [0.29, 0.717) is 42.3 Å². The van der Waals surface area contributed by atoms with Crippen molar-refractivity contribution in [2.24, 2.45) is 0 Å². The lowest BCUT2D eigenvalue weighted by Gasteiger charge is -2.11. The molecular weight excluding hydrogens is 384 g/mol. The van der Waals surface area contributed by atoms with E-state index in [2.05, 4.69) is 4.98 Å². The molecule has 160 valence electrons. The van der Waals surface area contributed by atoms with Crippen LogP contribution in [0.25, 0.3) is 22.2 Å². The third kappa shape index (κ3) is 4.24. The second-order valence-electron chi connectivity index (χ2n) is 7.80. The molecule has 4 rings (SSSR count). The lowest BCUT2D eigenvalue weighted by molar-refractivity contribution is 0.0163. The lowest BCUT2D eigenvalue weighted by Crippen LogP contribution is -2.18. The molecule has 2 N–H and O–H groups in total. The predicted octanol–water partition coefficient (Wildman–Crippen LogP) is 3.32. The third-order valence-electron chi connectivity index (χ3n) is 5.20. The maximum absolute atomic E-state index is 12.9. The Morgan fingerprint density at radius 3 is 2.77 bits per heavy atom. The molecular formula is C22H28N4O4. The number of nitrogen functional groups attached to an aromatic ring is 1. The standard InChI is InChI=1S/C22H28N4O4/c1-14(2)28-12-6-10-26-20(23)18(22(27)30-13-15-7-5-11-29-15)19-21(26)25-17-9-4-3-8-16(17)24-19/h3-4,8-9,14-15H,5-7,10-13,23H2,1-2H3. The molecule has 3 aromatic rings. The van der Waals surface area contributed by atoms with Gasteiger partial charge in [0.15, 0.2) is 5.65 Å². The van der Waals surface area contributed by atoms with E-state index in [0.717, 1.165) is 24.8 Å². The van der Waals surface area contributed by atoms with Crippen molar-refractivity contribution in [2.45, 2.75) is 51.9 Å². The highest BCUT2D eigenvalue weighted by atomic mass is 16.6. The van der Waals surface area contributed by atoms with Gasteiger partial charge in [-0.3, -0.25) is 0 Å². The maximum Gasteiger partial charge on any atom is 0.344 e. The minimum Gasteiger partial charge on any atom is -0.459 e. The molecule has 30 heavy (non-hydrogen) atoms. The number of carbonyl (C=O) groups is 1. The number of esters is 1. The zero-order valence-electron chi connectivity index (χ0n) is 17.5. The van der Waals surface area contributed by atoms with Gasteiger partial charge >= 0.3 is 5.97 Å². The number of nitrogens with zero attached hydrogens (tertiary/aromatic N) is 3. The summed E-state index contributed by atoms with van der Waals surface area (Å²) in [4.78, 5) is 22.4. The first kappa shape index (κ1) is 20.6. The van der Waals surface area contributed by atoms with Crippen molar-refractivity contribution < 1.29 is 19.0 Å². The van der Waals surface area contributed by atoms with E-state index in [1.807, 2.05) is 42.7 Å². The Bertz CT molecular complexity index is 1040. The first-order valence-corrected chi connectivity index (χ1v) is 10.5. The van der Waals surface area contributed by atoms with Crippen molar-refractivity contribution in [3.8, 4) is 0 Å². The van der Waals surface area contributed by atoms with Gasteiger partial charge in [0.2, 0.25) is 0 Å². The number of fused-ring (bicyclic) bond motifs is 2. The number of hydrogen-bond acceptors (Lipinski definition) is 7. The Labute approximate surface area is 175 Å². The number of aryl methyl sites for hydroxylation is 1. The molecule has 0 spiro atoms. The molecule has 0 amide bonds. The fourth-order valence-corrected chi connectivity index (χ4v) is 3.70. The van der Waals surface area contributed by atoms with E-state index in [4.69, 9.17) is 24.9 Å². The summed E-state index contributed by atoms with van der Waals surface area (Å²) in [7, 11) is 0. The van der Waals surface area contributed by atoms with Crippen molar-refractivity contribution >= 4 is 34.0 Å². The topological polar surface area (TPSA) is 101 Å². The Kier molecular flexibility index (Phi) is 6.15. The average molecular weight is 412 g/mol. The maximum atomic E-state index is 12.9. The van der Waals surface area contributed by atoms with Crippen LogP contribution in [0, 0.1) is 0 Å². The van der Waals surface area contributed by atoms with E-state index in [1.54, 1.807) is 0 Å². The van der Waals surface area contributed by atoms with Gasteiger partial charge in [0.1, 0.15) is 23.5 Å². The molecule has 1 fully saturated rings. The van der Waals surface area contributed by atoms with Crippen LogP contribution in [0.3, 0.4) is 0 Å². The number of hydrogen-bond donors (Lipinski definition) is 1. The Hall–Kier alpha value is -2.71. The largest absolute Gasteiger partial charge is 0.459 e. The summed E-state index contributed by atoms with van der Waals surface area (Å²) in [6.07, 6.45) is 2.73. The highest BCUT2D eigenvalue weighted by Gasteiger charge is 2.26. The first-order valence-electron chi connectivity index (χ1n) is 10.5. The predicted molar refractivity (Wildman–Crippen MR) is 114 cm³/mol. The van der Waals surface area contributed by atoms with Crippen molar-refractivity contribution in [3.05, 3.63) is 29.8 Å². The molecule has 1 aromatic carbocycles. The molecule has 0 bridgehead atoms. The van der Waals surface area contributed by atoms with Gasteiger partial charge in [0, 0.05) is 19.8 Å². The normalized spacial score (nSPS) is 16.7. The molecule has 8 heteroatoms. The van der Waals surface area contributed by atoms with Gasteiger partial charge in [-0.15, -0.1) is 0 Å². The van der Waals surface area contributed by atoms with E-state index < -0.39 is 5.97 Å². The third-order valence-corrected chi connectivity index (χ3v) is 5.20. The molecule has 0 radical (unpaired) electrons. The lowest BCUT2D eigenvalue weighted by atomic mass is 10.2. The molecule has 0 saturated carbocycles. The molecule has 1 atom stereocenters. The van der Waals surface area contributed by atoms with Gasteiger partial charge in [-0.05, 0) is 45.2 Å². The zero-order chi connectivity index (χ0) is 21.1. The van der Waals surface area contributed by atoms with E-state index >= 15 is 0 Å². The van der Waals surface area contributed by atoms with Crippen molar-refractivity contribution in [3.63, 3.8) is 0 Å². The van der Waals surface area contributed by atoms with Crippen LogP contribution in [-0.2, 0) is 20.8 Å². The number of para-hydroxylation sites is 2. The van der Waals surface area contributed by atoms with Crippen LogP contribution in [-0.4, -0.2) is 52.5 Å². The monoisotopic (exact) mass is 412 g/mol. The van der Waals surface area contributed by atoms with Gasteiger partial charge in [-0.25, -0.2) is 14.8 Å².